The number of aryl methyl sites for hydroxylation is 1. The first-order valence-electron chi connectivity index (χ1n) is 5.59. The number of hydrogen-bond donors (Lipinski definition) is 2. The average Bonchev–Trinajstić information content (AvgIpc) is 2.28. The van der Waals surface area contributed by atoms with Gasteiger partial charge >= 0.3 is 0 Å². The van der Waals surface area contributed by atoms with Crippen LogP contribution in [0.5, 0.6) is 0 Å². The van der Waals surface area contributed by atoms with E-state index in [2.05, 4.69) is 10.3 Å². The van der Waals surface area contributed by atoms with Gasteiger partial charge in [0, 0.05) is 16.0 Å². The van der Waals surface area contributed by atoms with Crippen LogP contribution in [-0.2, 0) is 6.42 Å². The van der Waals surface area contributed by atoms with Gasteiger partial charge in [0.25, 0.3) is 5.56 Å². The third kappa shape index (κ3) is 2.35. The summed E-state index contributed by atoms with van der Waals surface area (Å²) in [5.41, 5.74) is 2.66. The maximum absolute atomic E-state index is 11.9. The van der Waals surface area contributed by atoms with Gasteiger partial charge in [0.2, 0.25) is 0 Å². The molecule has 2 N–H and O–H groups in total. The number of fused-ring (bicyclic) bond motifs is 1. The van der Waals surface area contributed by atoms with Gasteiger partial charge in [-0.15, -0.1) is 0 Å². The van der Waals surface area contributed by atoms with Gasteiger partial charge in [0.05, 0.1) is 5.52 Å². The molecular weight excluding hydrogens is 236 g/mol. The second-order valence-electron chi connectivity index (χ2n) is 4.10. The van der Waals surface area contributed by atoms with Crippen molar-refractivity contribution in [3.63, 3.8) is 0 Å². The second-order valence-corrected chi connectivity index (χ2v) is 4.54. The molecule has 4 heteroatoms. The van der Waals surface area contributed by atoms with Crippen molar-refractivity contribution in [3.8, 4) is 0 Å². The average molecular weight is 251 g/mol. The Balaban J connectivity index is 2.63. The molecule has 0 bridgehead atoms. The number of pyridine rings is 1. The molecule has 0 spiro atoms. The minimum absolute atomic E-state index is 0.0208. The van der Waals surface area contributed by atoms with Gasteiger partial charge in [-0.1, -0.05) is 17.7 Å². The lowest BCUT2D eigenvalue weighted by Crippen LogP contribution is -2.20. The minimum atomic E-state index is -0.0208. The van der Waals surface area contributed by atoms with Gasteiger partial charge < -0.3 is 10.3 Å². The number of likely N-dealkylation sites (N-methyl/N-ethyl adjacent to an activating group) is 1. The molecule has 0 saturated carbocycles. The van der Waals surface area contributed by atoms with Crippen LogP contribution >= 0.6 is 11.6 Å². The Hall–Kier alpha value is -1.32. The van der Waals surface area contributed by atoms with Gasteiger partial charge in [-0.25, -0.2) is 0 Å². The van der Waals surface area contributed by atoms with Crippen LogP contribution in [0.4, 0.5) is 0 Å². The predicted octanol–water partition coefficient (Wildman–Crippen LogP) is 2.25. The molecule has 0 aliphatic rings. The zero-order chi connectivity index (χ0) is 12.4. The van der Waals surface area contributed by atoms with E-state index < -0.39 is 0 Å². The normalized spacial score (nSPS) is 11.0. The van der Waals surface area contributed by atoms with Gasteiger partial charge in [-0.2, -0.15) is 0 Å². The first-order valence-corrected chi connectivity index (χ1v) is 5.97. The number of rotatable bonds is 3. The fourth-order valence-electron chi connectivity index (χ4n) is 2.03. The highest BCUT2D eigenvalue weighted by molar-refractivity contribution is 6.31. The topological polar surface area (TPSA) is 44.9 Å². The molecule has 1 aromatic heterocycles. The number of aromatic nitrogens is 1. The summed E-state index contributed by atoms with van der Waals surface area (Å²) in [6.07, 6.45) is 0.732. The summed E-state index contributed by atoms with van der Waals surface area (Å²) in [7, 11) is 1.88. The lowest BCUT2D eigenvalue weighted by molar-refractivity contribution is 0.783. The van der Waals surface area contributed by atoms with Crippen molar-refractivity contribution in [2.75, 3.05) is 13.6 Å². The molecule has 17 heavy (non-hydrogen) atoms. The molecular formula is C13H15ClN2O. The monoisotopic (exact) mass is 250 g/mol. The van der Waals surface area contributed by atoms with Crippen molar-refractivity contribution in [2.24, 2.45) is 0 Å². The lowest BCUT2D eigenvalue weighted by atomic mass is 10.0. The van der Waals surface area contributed by atoms with Crippen molar-refractivity contribution >= 4 is 22.5 Å². The number of hydrogen-bond acceptors (Lipinski definition) is 2. The highest BCUT2D eigenvalue weighted by Crippen LogP contribution is 2.21. The molecule has 0 aliphatic carbocycles. The van der Waals surface area contributed by atoms with Crippen LogP contribution in [0.25, 0.3) is 10.9 Å². The van der Waals surface area contributed by atoms with E-state index in [9.17, 15) is 4.79 Å². The predicted molar refractivity (Wildman–Crippen MR) is 71.9 cm³/mol. The molecule has 2 rings (SSSR count). The summed E-state index contributed by atoms with van der Waals surface area (Å²) < 4.78 is 0. The summed E-state index contributed by atoms with van der Waals surface area (Å²) in [6, 6.07) is 5.58. The first kappa shape index (κ1) is 12.1. The number of benzene rings is 1. The summed E-state index contributed by atoms with van der Waals surface area (Å²) in [4.78, 5) is 14.8. The SMILES string of the molecule is CNCCc1c(C)c2ccc(Cl)cc2[nH]c1=O. The van der Waals surface area contributed by atoms with Crippen molar-refractivity contribution in [1.29, 1.82) is 0 Å². The fourth-order valence-corrected chi connectivity index (χ4v) is 2.20. The molecule has 0 radical (unpaired) electrons. The number of nitrogens with one attached hydrogen (secondary N) is 2. The Morgan fingerprint density at radius 1 is 1.41 bits per heavy atom. The Bertz CT molecular complexity index is 604. The van der Waals surface area contributed by atoms with E-state index in [0.717, 1.165) is 35.0 Å². The number of aromatic amines is 1. The van der Waals surface area contributed by atoms with Crippen molar-refractivity contribution in [3.05, 3.63) is 44.7 Å². The maximum atomic E-state index is 11.9. The van der Waals surface area contributed by atoms with E-state index in [1.165, 1.54) is 0 Å². The quantitative estimate of drug-likeness (QED) is 0.878. The van der Waals surface area contributed by atoms with E-state index in [0.29, 0.717) is 5.02 Å². The Morgan fingerprint density at radius 3 is 2.88 bits per heavy atom. The maximum Gasteiger partial charge on any atom is 0.251 e. The highest BCUT2D eigenvalue weighted by atomic mass is 35.5. The van der Waals surface area contributed by atoms with Crippen LogP contribution in [0.1, 0.15) is 11.1 Å². The highest BCUT2D eigenvalue weighted by Gasteiger charge is 2.08. The third-order valence-corrected chi connectivity index (χ3v) is 3.22. The smallest absolute Gasteiger partial charge is 0.251 e. The molecule has 1 aromatic carbocycles. The number of halogens is 1. The number of H-pyrrole nitrogens is 1. The molecule has 3 nitrogen and oxygen atoms in total. The van der Waals surface area contributed by atoms with Crippen molar-refractivity contribution in [1.82, 2.24) is 10.3 Å². The van der Waals surface area contributed by atoms with Gasteiger partial charge in [-0.05, 0) is 44.6 Å². The second kappa shape index (κ2) is 4.90. The van der Waals surface area contributed by atoms with Gasteiger partial charge in [0.15, 0.2) is 0 Å². The van der Waals surface area contributed by atoms with Crippen LogP contribution in [0.2, 0.25) is 5.02 Å². The molecule has 0 amide bonds. The largest absolute Gasteiger partial charge is 0.322 e. The molecule has 0 atom stereocenters. The van der Waals surface area contributed by atoms with Crippen LogP contribution in [0, 0.1) is 6.92 Å². The Kier molecular flexibility index (Phi) is 3.50. The van der Waals surface area contributed by atoms with Gasteiger partial charge in [0.1, 0.15) is 0 Å². The molecule has 2 aromatic rings. The van der Waals surface area contributed by atoms with E-state index in [-0.39, 0.29) is 5.56 Å². The summed E-state index contributed by atoms with van der Waals surface area (Å²) in [5.74, 6) is 0. The Labute approximate surface area is 105 Å². The molecule has 0 fully saturated rings. The molecule has 1 heterocycles. The molecule has 0 unspecified atom stereocenters. The van der Waals surface area contributed by atoms with E-state index in [1.54, 1.807) is 6.07 Å². The first-order chi connectivity index (χ1) is 8.13. The molecule has 90 valence electrons. The summed E-state index contributed by atoms with van der Waals surface area (Å²) in [6.45, 7) is 2.78. The van der Waals surface area contributed by atoms with Crippen LogP contribution in [-0.4, -0.2) is 18.6 Å². The minimum Gasteiger partial charge on any atom is -0.322 e. The van der Waals surface area contributed by atoms with Crippen molar-refractivity contribution in [2.45, 2.75) is 13.3 Å². The standard InChI is InChI=1S/C13H15ClN2O/c1-8-10-4-3-9(14)7-12(10)16-13(17)11(8)5-6-15-2/h3-4,7,15H,5-6H2,1-2H3,(H,16,17). The van der Waals surface area contributed by atoms with E-state index in [4.69, 9.17) is 11.6 Å². The van der Waals surface area contributed by atoms with Crippen LogP contribution in [0.3, 0.4) is 0 Å². The summed E-state index contributed by atoms with van der Waals surface area (Å²) in [5, 5.41) is 4.74. The van der Waals surface area contributed by atoms with E-state index in [1.807, 2.05) is 26.1 Å². The third-order valence-electron chi connectivity index (χ3n) is 2.99. The summed E-state index contributed by atoms with van der Waals surface area (Å²) >= 11 is 5.91. The molecule has 0 saturated heterocycles. The van der Waals surface area contributed by atoms with Crippen LogP contribution in [0.15, 0.2) is 23.0 Å². The lowest BCUT2D eigenvalue weighted by Gasteiger charge is -2.08. The molecule has 0 aliphatic heterocycles. The Morgan fingerprint density at radius 2 is 2.18 bits per heavy atom. The van der Waals surface area contributed by atoms with Gasteiger partial charge in [-0.3, -0.25) is 4.79 Å². The van der Waals surface area contributed by atoms with E-state index >= 15 is 0 Å². The van der Waals surface area contributed by atoms with Crippen molar-refractivity contribution < 1.29 is 0 Å². The zero-order valence-corrected chi connectivity index (χ0v) is 10.7. The fraction of sp³-hybridized carbons (Fsp3) is 0.308. The zero-order valence-electron chi connectivity index (χ0n) is 9.93. The van der Waals surface area contributed by atoms with Crippen LogP contribution < -0.4 is 10.9 Å².